The third-order valence-corrected chi connectivity index (χ3v) is 3.82. The number of nitro benzene ring substituents is 1. The van der Waals surface area contributed by atoms with E-state index >= 15 is 0 Å². The number of nitro groups is 1. The van der Waals surface area contributed by atoms with Gasteiger partial charge in [-0.3, -0.25) is 14.9 Å². The van der Waals surface area contributed by atoms with Crippen molar-refractivity contribution in [2.24, 2.45) is 0 Å². The predicted molar refractivity (Wildman–Crippen MR) is 96.2 cm³/mol. The monoisotopic (exact) mass is 374 g/mol. The van der Waals surface area contributed by atoms with Crippen LogP contribution in [0, 0.1) is 10.1 Å². The van der Waals surface area contributed by atoms with Gasteiger partial charge in [0.2, 0.25) is 0 Å². The number of fused-ring (bicyclic) bond motifs is 1. The van der Waals surface area contributed by atoms with Gasteiger partial charge in [-0.25, -0.2) is 0 Å². The molecule has 1 amide bonds. The molecule has 0 aliphatic carbocycles. The number of amides is 1. The molecule has 0 saturated heterocycles. The standard InChI is InChI=1S/C18H18N2O7/c1-3-25-17-10-13(20(22)23)12(9-15(17)24-2)18(21)19-11-4-5-14-16(8-11)27-7-6-26-14/h4-5,8-10H,3,6-7H2,1-2H3,(H,19,21). The second-order valence-electron chi connectivity index (χ2n) is 5.52. The van der Waals surface area contributed by atoms with Crippen molar-refractivity contribution in [2.45, 2.75) is 6.92 Å². The van der Waals surface area contributed by atoms with Crippen molar-refractivity contribution in [1.29, 1.82) is 0 Å². The fourth-order valence-corrected chi connectivity index (χ4v) is 2.63. The third kappa shape index (κ3) is 3.86. The summed E-state index contributed by atoms with van der Waals surface area (Å²) in [5.74, 6) is 0.850. The first-order chi connectivity index (χ1) is 13.0. The molecule has 142 valence electrons. The lowest BCUT2D eigenvalue weighted by Gasteiger charge is -2.19. The zero-order valence-electron chi connectivity index (χ0n) is 14.8. The van der Waals surface area contributed by atoms with E-state index in [9.17, 15) is 14.9 Å². The minimum Gasteiger partial charge on any atom is -0.493 e. The first kappa shape index (κ1) is 18.3. The van der Waals surface area contributed by atoms with Gasteiger partial charge in [0.25, 0.3) is 11.6 Å². The molecule has 0 aromatic heterocycles. The van der Waals surface area contributed by atoms with Crippen molar-refractivity contribution in [1.82, 2.24) is 0 Å². The molecule has 1 heterocycles. The van der Waals surface area contributed by atoms with E-state index < -0.39 is 10.8 Å². The molecule has 0 fully saturated rings. The van der Waals surface area contributed by atoms with E-state index in [1.54, 1.807) is 25.1 Å². The summed E-state index contributed by atoms with van der Waals surface area (Å²) in [5.41, 5.74) is -0.101. The summed E-state index contributed by atoms with van der Waals surface area (Å²) in [6, 6.07) is 7.36. The number of hydrogen-bond acceptors (Lipinski definition) is 7. The predicted octanol–water partition coefficient (Wildman–Crippen LogP) is 3.03. The molecule has 0 spiro atoms. The number of methoxy groups -OCH3 is 1. The summed E-state index contributed by atoms with van der Waals surface area (Å²) in [4.78, 5) is 23.4. The van der Waals surface area contributed by atoms with Crippen LogP contribution in [-0.2, 0) is 0 Å². The summed E-state index contributed by atoms with van der Waals surface area (Å²) in [6.07, 6.45) is 0. The van der Waals surface area contributed by atoms with Gasteiger partial charge in [0.05, 0.1) is 24.7 Å². The molecule has 2 aromatic carbocycles. The summed E-state index contributed by atoms with van der Waals surface area (Å²) in [5, 5.41) is 14.1. The van der Waals surface area contributed by atoms with Gasteiger partial charge in [0.15, 0.2) is 23.0 Å². The van der Waals surface area contributed by atoms with Crippen molar-refractivity contribution in [3.63, 3.8) is 0 Å². The van der Waals surface area contributed by atoms with Gasteiger partial charge in [-0.05, 0) is 19.1 Å². The molecule has 27 heavy (non-hydrogen) atoms. The van der Waals surface area contributed by atoms with Gasteiger partial charge in [0, 0.05) is 17.8 Å². The molecule has 0 atom stereocenters. The lowest BCUT2D eigenvalue weighted by atomic mass is 10.1. The van der Waals surface area contributed by atoms with Crippen LogP contribution in [0.2, 0.25) is 0 Å². The second kappa shape index (κ2) is 7.81. The number of hydrogen-bond donors (Lipinski definition) is 1. The van der Waals surface area contributed by atoms with Crippen LogP contribution in [0.15, 0.2) is 30.3 Å². The van der Waals surface area contributed by atoms with E-state index in [4.69, 9.17) is 18.9 Å². The Labute approximate surface area is 154 Å². The molecule has 2 aromatic rings. The Balaban J connectivity index is 1.92. The van der Waals surface area contributed by atoms with Crippen LogP contribution in [0.3, 0.4) is 0 Å². The molecule has 0 bridgehead atoms. The maximum atomic E-state index is 12.7. The first-order valence-corrected chi connectivity index (χ1v) is 8.23. The topological polar surface area (TPSA) is 109 Å². The lowest BCUT2D eigenvalue weighted by molar-refractivity contribution is -0.385. The number of nitrogens with one attached hydrogen (secondary N) is 1. The molecule has 1 aliphatic rings. The van der Waals surface area contributed by atoms with Gasteiger partial charge in [-0.2, -0.15) is 0 Å². The van der Waals surface area contributed by atoms with Crippen LogP contribution in [0.1, 0.15) is 17.3 Å². The highest BCUT2D eigenvalue weighted by Gasteiger charge is 2.25. The fourth-order valence-electron chi connectivity index (χ4n) is 2.63. The second-order valence-corrected chi connectivity index (χ2v) is 5.52. The Morgan fingerprint density at radius 1 is 1.19 bits per heavy atom. The Morgan fingerprint density at radius 2 is 1.93 bits per heavy atom. The number of rotatable bonds is 6. The van der Waals surface area contributed by atoms with Crippen molar-refractivity contribution in [2.75, 3.05) is 32.2 Å². The smallest absolute Gasteiger partial charge is 0.286 e. The van der Waals surface area contributed by atoms with Gasteiger partial charge < -0.3 is 24.3 Å². The highest BCUT2D eigenvalue weighted by molar-refractivity contribution is 6.07. The Bertz CT molecular complexity index is 882. The summed E-state index contributed by atoms with van der Waals surface area (Å²) >= 11 is 0. The minimum absolute atomic E-state index is 0.143. The van der Waals surface area contributed by atoms with E-state index in [2.05, 4.69) is 5.32 Å². The molecular formula is C18H18N2O7. The van der Waals surface area contributed by atoms with Gasteiger partial charge in [-0.1, -0.05) is 0 Å². The molecule has 0 radical (unpaired) electrons. The van der Waals surface area contributed by atoms with Crippen LogP contribution in [-0.4, -0.2) is 37.8 Å². The quantitative estimate of drug-likeness (QED) is 0.611. The van der Waals surface area contributed by atoms with E-state index in [1.165, 1.54) is 19.2 Å². The molecule has 0 unspecified atom stereocenters. The van der Waals surface area contributed by atoms with Crippen molar-refractivity contribution < 1.29 is 28.7 Å². The van der Waals surface area contributed by atoms with Crippen LogP contribution < -0.4 is 24.3 Å². The Hall–Kier alpha value is -3.49. The van der Waals surface area contributed by atoms with Crippen LogP contribution in [0.4, 0.5) is 11.4 Å². The molecule has 9 heteroatoms. The minimum atomic E-state index is -0.653. The highest BCUT2D eigenvalue weighted by Crippen LogP contribution is 2.36. The van der Waals surface area contributed by atoms with Gasteiger partial charge in [-0.15, -0.1) is 0 Å². The van der Waals surface area contributed by atoms with E-state index in [1.807, 2.05) is 0 Å². The van der Waals surface area contributed by atoms with Crippen molar-refractivity contribution in [3.05, 3.63) is 46.0 Å². The Kier molecular flexibility index (Phi) is 5.30. The number of nitrogens with zero attached hydrogens (tertiary/aromatic N) is 1. The average Bonchev–Trinajstić information content (AvgIpc) is 2.67. The zero-order chi connectivity index (χ0) is 19.4. The molecule has 3 rings (SSSR count). The first-order valence-electron chi connectivity index (χ1n) is 8.23. The molecule has 1 N–H and O–H groups in total. The van der Waals surface area contributed by atoms with Crippen molar-refractivity contribution in [3.8, 4) is 23.0 Å². The summed E-state index contributed by atoms with van der Waals surface area (Å²) < 4.78 is 21.4. The lowest BCUT2D eigenvalue weighted by Crippen LogP contribution is -2.17. The number of anilines is 1. The number of carbonyl (C=O) groups excluding carboxylic acids is 1. The van der Waals surface area contributed by atoms with Crippen LogP contribution in [0.25, 0.3) is 0 Å². The molecule has 9 nitrogen and oxygen atoms in total. The van der Waals surface area contributed by atoms with Gasteiger partial charge >= 0.3 is 0 Å². The fraction of sp³-hybridized carbons (Fsp3) is 0.278. The Morgan fingerprint density at radius 3 is 2.59 bits per heavy atom. The van der Waals surface area contributed by atoms with E-state index in [0.717, 1.165) is 0 Å². The molecular weight excluding hydrogens is 356 g/mol. The summed E-state index contributed by atoms with van der Waals surface area (Å²) in [7, 11) is 1.40. The van der Waals surface area contributed by atoms with Crippen LogP contribution in [0.5, 0.6) is 23.0 Å². The van der Waals surface area contributed by atoms with E-state index in [-0.39, 0.29) is 22.7 Å². The number of ether oxygens (including phenoxy) is 4. The number of benzene rings is 2. The highest BCUT2D eigenvalue weighted by atomic mass is 16.6. The third-order valence-electron chi connectivity index (χ3n) is 3.82. The SMILES string of the molecule is CCOc1cc([N+](=O)[O-])c(C(=O)Nc2ccc3c(c2)OCCO3)cc1OC. The average molecular weight is 374 g/mol. The zero-order valence-corrected chi connectivity index (χ0v) is 14.8. The maximum Gasteiger partial charge on any atom is 0.286 e. The normalized spacial score (nSPS) is 12.2. The molecule has 0 saturated carbocycles. The van der Waals surface area contributed by atoms with Crippen molar-refractivity contribution >= 4 is 17.3 Å². The summed E-state index contributed by atoms with van der Waals surface area (Å²) in [6.45, 7) is 2.91. The maximum absolute atomic E-state index is 12.7. The number of carbonyl (C=O) groups is 1. The largest absolute Gasteiger partial charge is 0.493 e. The van der Waals surface area contributed by atoms with Gasteiger partial charge in [0.1, 0.15) is 18.8 Å². The van der Waals surface area contributed by atoms with E-state index in [0.29, 0.717) is 37.0 Å². The van der Waals surface area contributed by atoms with Crippen LogP contribution >= 0.6 is 0 Å². The molecule has 1 aliphatic heterocycles.